The summed E-state index contributed by atoms with van der Waals surface area (Å²) in [6, 6.07) is 8.61. The van der Waals surface area contributed by atoms with E-state index in [0.29, 0.717) is 11.6 Å². The van der Waals surface area contributed by atoms with Crippen molar-refractivity contribution in [2.45, 2.75) is 45.6 Å². The Hall–Kier alpha value is -3.36. The van der Waals surface area contributed by atoms with Gasteiger partial charge in [0, 0.05) is 12.1 Å². The van der Waals surface area contributed by atoms with Gasteiger partial charge in [0.15, 0.2) is 23.6 Å². The summed E-state index contributed by atoms with van der Waals surface area (Å²) in [5.74, 6) is -6.75. The van der Waals surface area contributed by atoms with E-state index in [0.717, 1.165) is 11.6 Å². The Morgan fingerprint density at radius 1 is 0.969 bits per heavy atom. The summed E-state index contributed by atoms with van der Waals surface area (Å²) in [5, 5.41) is 4.61. The number of anilines is 1. The van der Waals surface area contributed by atoms with Gasteiger partial charge >= 0.3 is 5.97 Å². The Morgan fingerprint density at radius 3 is 2.19 bits per heavy atom. The van der Waals surface area contributed by atoms with Crippen LogP contribution in [0.15, 0.2) is 36.4 Å². The van der Waals surface area contributed by atoms with E-state index < -0.39 is 41.1 Å². The minimum Gasteiger partial charge on any atom is -0.452 e. The van der Waals surface area contributed by atoms with Gasteiger partial charge in [0.25, 0.3) is 11.8 Å². The van der Waals surface area contributed by atoms with Crippen molar-refractivity contribution in [1.82, 2.24) is 5.32 Å². The molecule has 1 atom stereocenters. The summed E-state index contributed by atoms with van der Waals surface area (Å²) >= 11 is 0. The number of halogens is 3. The standard InChI is InChI=1S/C23H25F3N2O4/c1-13(21(30)28-17-10-9-16(24)19(25)20(17)26)32-18(29)11-12-27-22(31)14-5-7-15(8-6-14)23(2,3)4/h5-10,13H,11-12H2,1-4H3,(H,27,31)(H,28,30). The molecule has 0 radical (unpaired) electrons. The van der Waals surface area contributed by atoms with Crippen LogP contribution in [0.3, 0.4) is 0 Å². The predicted octanol–water partition coefficient (Wildman–Crippen LogP) is 4.09. The summed E-state index contributed by atoms with van der Waals surface area (Å²) in [6.45, 7) is 7.39. The number of hydrogen-bond donors (Lipinski definition) is 2. The zero-order chi connectivity index (χ0) is 24.1. The van der Waals surface area contributed by atoms with E-state index in [-0.39, 0.29) is 24.3 Å². The van der Waals surface area contributed by atoms with Gasteiger partial charge in [-0.25, -0.2) is 13.2 Å². The molecular weight excluding hydrogens is 425 g/mol. The largest absolute Gasteiger partial charge is 0.452 e. The second-order valence-corrected chi connectivity index (χ2v) is 8.18. The van der Waals surface area contributed by atoms with Crippen molar-refractivity contribution in [3.8, 4) is 0 Å². The van der Waals surface area contributed by atoms with Gasteiger partial charge < -0.3 is 15.4 Å². The lowest BCUT2D eigenvalue weighted by Crippen LogP contribution is -2.32. The van der Waals surface area contributed by atoms with Crippen LogP contribution in [0.25, 0.3) is 0 Å². The predicted molar refractivity (Wildman–Crippen MR) is 113 cm³/mol. The summed E-state index contributed by atoms with van der Waals surface area (Å²) in [6.07, 6.45) is -1.53. The first-order chi connectivity index (χ1) is 14.9. The average molecular weight is 450 g/mol. The third-order valence-corrected chi connectivity index (χ3v) is 4.60. The molecule has 0 bridgehead atoms. The van der Waals surface area contributed by atoms with Gasteiger partial charge in [-0.05, 0) is 42.2 Å². The molecule has 0 aliphatic heterocycles. The first kappa shape index (κ1) is 24.9. The van der Waals surface area contributed by atoms with E-state index in [1.54, 1.807) is 12.1 Å². The molecule has 9 heteroatoms. The molecule has 0 heterocycles. The van der Waals surface area contributed by atoms with Crippen molar-refractivity contribution >= 4 is 23.5 Å². The average Bonchev–Trinajstić information content (AvgIpc) is 2.73. The molecule has 0 aromatic heterocycles. The van der Waals surface area contributed by atoms with Crippen molar-refractivity contribution in [3.63, 3.8) is 0 Å². The molecule has 2 N–H and O–H groups in total. The number of nitrogens with one attached hydrogen (secondary N) is 2. The Bertz CT molecular complexity index is 1000. The van der Waals surface area contributed by atoms with Crippen molar-refractivity contribution in [1.29, 1.82) is 0 Å². The van der Waals surface area contributed by atoms with Gasteiger partial charge in [0.1, 0.15) is 0 Å². The maximum atomic E-state index is 13.6. The van der Waals surface area contributed by atoms with Crippen LogP contribution in [0.2, 0.25) is 0 Å². The lowest BCUT2D eigenvalue weighted by molar-refractivity contribution is -0.153. The molecule has 0 aliphatic rings. The smallest absolute Gasteiger partial charge is 0.308 e. The van der Waals surface area contributed by atoms with Gasteiger partial charge in [-0.2, -0.15) is 0 Å². The molecule has 0 saturated carbocycles. The summed E-state index contributed by atoms with van der Waals surface area (Å²) < 4.78 is 44.7. The highest BCUT2D eigenvalue weighted by atomic mass is 19.2. The maximum Gasteiger partial charge on any atom is 0.308 e. The molecule has 2 aromatic rings. The molecule has 0 aliphatic carbocycles. The van der Waals surface area contributed by atoms with Crippen LogP contribution in [-0.4, -0.2) is 30.4 Å². The number of rotatable bonds is 7. The monoisotopic (exact) mass is 450 g/mol. The quantitative estimate of drug-likeness (QED) is 0.492. The molecule has 1 unspecified atom stereocenters. The number of benzene rings is 2. The summed E-state index contributed by atoms with van der Waals surface area (Å²) in [5.41, 5.74) is 0.889. The zero-order valence-electron chi connectivity index (χ0n) is 18.2. The van der Waals surface area contributed by atoms with Crippen LogP contribution >= 0.6 is 0 Å². The van der Waals surface area contributed by atoms with E-state index in [9.17, 15) is 27.6 Å². The number of ether oxygens (including phenoxy) is 1. The van der Waals surface area contributed by atoms with Crippen molar-refractivity contribution < 1.29 is 32.3 Å². The van der Waals surface area contributed by atoms with Crippen LogP contribution < -0.4 is 10.6 Å². The Kier molecular flexibility index (Phi) is 8.02. The highest BCUT2D eigenvalue weighted by Gasteiger charge is 2.21. The Morgan fingerprint density at radius 2 is 1.59 bits per heavy atom. The van der Waals surface area contributed by atoms with Crippen molar-refractivity contribution in [3.05, 3.63) is 65.0 Å². The molecule has 2 amide bonds. The van der Waals surface area contributed by atoms with Gasteiger partial charge in [-0.15, -0.1) is 0 Å². The Labute approximate surface area is 184 Å². The van der Waals surface area contributed by atoms with E-state index in [4.69, 9.17) is 4.74 Å². The molecule has 6 nitrogen and oxygen atoms in total. The molecule has 32 heavy (non-hydrogen) atoms. The minimum atomic E-state index is -1.73. The van der Waals surface area contributed by atoms with Crippen LogP contribution in [0.4, 0.5) is 18.9 Å². The number of hydrogen-bond acceptors (Lipinski definition) is 4. The van der Waals surface area contributed by atoms with E-state index >= 15 is 0 Å². The van der Waals surface area contributed by atoms with E-state index in [2.05, 4.69) is 26.1 Å². The lowest BCUT2D eigenvalue weighted by Gasteiger charge is -2.19. The first-order valence-electron chi connectivity index (χ1n) is 9.92. The highest BCUT2D eigenvalue weighted by Crippen LogP contribution is 2.22. The van der Waals surface area contributed by atoms with Crippen LogP contribution in [0, 0.1) is 17.5 Å². The second-order valence-electron chi connectivity index (χ2n) is 8.18. The lowest BCUT2D eigenvalue weighted by atomic mass is 9.87. The first-order valence-corrected chi connectivity index (χ1v) is 9.92. The molecule has 172 valence electrons. The number of carbonyl (C=O) groups excluding carboxylic acids is 3. The zero-order valence-corrected chi connectivity index (χ0v) is 18.2. The Balaban J connectivity index is 1.80. The summed E-state index contributed by atoms with van der Waals surface area (Å²) in [7, 11) is 0. The topological polar surface area (TPSA) is 84.5 Å². The van der Waals surface area contributed by atoms with Crippen LogP contribution in [0.1, 0.15) is 50.0 Å². The minimum absolute atomic E-state index is 0.0230. The fourth-order valence-electron chi connectivity index (χ4n) is 2.67. The third-order valence-electron chi connectivity index (χ3n) is 4.60. The van der Waals surface area contributed by atoms with Crippen molar-refractivity contribution in [2.24, 2.45) is 0 Å². The maximum absolute atomic E-state index is 13.6. The van der Waals surface area contributed by atoms with Gasteiger partial charge in [0.2, 0.25) is 0 Å². The SMILES string of the molecule is CC(OC(=O)CCNC(=O)c1ccc(C(C)(C)C)cc1)C(=O)Nc1ccc(F)c(F)c1F. The number of amides is 2. The number of carbonyl (C=O) groups is 3. The molecule has 0 saturated heterocycles. The highest BCUT2D eigenvalue weighted by molar-refractivity contribution is 5.95. The van der Waals surface area contributed by atoms with Crippen LogP contribution in [-0.2, 0) is 19.7 Å². The van der Waals surface area contributed by atoms with Gasteiger partial charge in [-0.3, -0.25) is 14.4 Å². The third kappa shape index (κ3) is 6.57. The summed E-state index contributed by atoms with van der Waals surface area (Å²) in [4.78, 5) is 36.1. The van der Waals surface area contributed by atoms with Crippen molar-refractivity contribution in [2.75, 3.05) is 11.9 Å². The fraction of sp³-hybridized carbons (Fsp3) is 0.348. The second kappa shape index (κ2) is 10.3. The molecule has 2 aromatic carbocycles. The number of esters is 1. The molecule has 0 fully saturated rings. The fourth-order valence-corrected chi connectivity index (χ4v) is 2.67. The van der Waals surface area contributed by atoms with Gasteiger partial charge in [0.05, 0.1) is 12.1 Å². The normalized spacial score (nSPS) is 12.1. The van der Waals surface area contributed by atoms with Gasteiger partial charge in [-0.1, -0.05) is 32.9 Å². The van der Waals surface area contributed by atoms with E-state index in [1.807, 2.05) is 17.4 Å². The molecule has 2 rings (SSSR count). The van der Waals surface area contributed by atoms with Crippen LogP contribution in [0.5, 0.6) is 0 Å². The molecular formula is C23H25F3N2O4. The van der Waals surface area contributed by atoms with E-state index in [1.165, 1.54) is 6.92 Å². The molecule has 0 spiro atoms.